The van der Waals surface area contributed by atoms with Crippen LogP contribution in [-0.2, 0) is 23.8 Å². The van der Waals surface area contributed by atoms with E-state index in [0.29, 0.717) is 13.0 Å². The van der Waals surface area contributed by atoms with Gasteiger partial charge < -0.3 is 30.0 Å². The van der Waals surface area contributed by atoms with Crippen LogP contribution in [0.15, 0.2) is 48.5 Å². The molecular weight excluding hydrogens is 452 g/mol. The molecule has 0 spiro atoms. The van der Waals surface area contributed by atoms with Gasteiger partial charge in [0.1, 0.15) is 18.6 Å². The zero-order valence-corrected chi connectivity index (χ0v) is 19.1. The number of carboxylic acid groups (broad SMARTS) is 1. The Morgan fingerprint density at radius 2 is 1.69 bits per heavy atom. The Kier molecular flexibility index (Phi) is 6.70. The standard InChI is InChI=1S/C26H28N2O7/c29-24(28-22-14-33-12-21(22)25(30)31)23-15(9-10-34-23)11-27-26(32)35-13-20-18-7-3-1-5-16(18)17-6-2-4-8-19(17)20/h1-8,15,20-23H,9-14H2,(H,27,32)(H,28,29)(H,30,31)/t15-,21?,22?,23-/m0/s1. The van der Waals surface area contributed by atoms with Crippen molar-refractivity contribution in [2.75, 3.05) is 33.0 Å². The van der Waals surface area contributed by atoms with Gasteiger partial charge in [-0.15, -0.1) is 0 Å². The van der Waals surface area contributed by atoms with Crippen molar-refractivity contribution in [2.45, 2.75) is 24.5 Å². The van der Waals surface area contributed by atoms with E-state index in [-0.39, 0.29) is 44.1 Å². The molecule has 35 heavy (non-hydrogen) atoms. The minimum absolute atomic E-state index is 0.0303. The number of carbonyl (C=O) groups excluding carboxylic acids is 2. The van der Waals surface area contributed by atoms with Gasteiger partial charge in [-0.3, -0.25) is 9.59 Å². The first-order chi connectivity index (χ1) is 17.0. The van der Waals surface area contributed by atoms with E-state index in [9.17, 15) is 19.5 Å². The second-order valence-electron chi connectivity index (χ2n) is 9.14. The van der Waals surface area contributed by atoms with Crippen molar-refractivity contribution in [2.24, 2.45) is 11.8 Å². The number of benzene rings is 2. The summed E-state index contributed by atoms with van der Waals surface area (Å²) >= 11 is 0. The van der Waals surface area contributed by atoms with Gasteiger partial charge in [-0.1, -0.05) is 48.5 Å². The van der Waals surface area contributed by atoms with E-state index in [1.807, 2.05) is 24.3 Å². The number of carboxylic acids is 1. The summed E-state index contributed by atoms with van der Waals surface area (Å²) in [6, 6.07) is 15.7. The normalized spacial score (nSPS) is 25.0. The van der Waals surface area contributed by atoms with Crippen LogP contribution in [0.25, 0.3) is 11.1 Å². The highest BCUT2D eigenvalue weighted by molar-refractivity contribution is 5.83. The summed E-state index contributed by atoms with van der Waals surface area (Å²) in [5.74, 6) is -2.44. The first-order valence-electron chi connectivity index (χ1n) is 11.8. The van der Waals surface area contributed by atoms with E-state index < -0.39 is 30.1 Å². The Hall–Kier alpha value is -3.43. The second-order valence-corrected chi connectivity index (χ2v) is 9.14. The van der Waals surface area contributed by atoms with E-state index >= 15 is 0 Å². The number of aliphatic carboxylic acids is 1. The summed E-state index contributed by atoms with van der Waals surface area (Å²) in [6.07, 6.45) is -0.711. The molecule has 2 heterocycles. The summed E-state index contributed by atoms with van der Waals surface area (Å²) in [4.78, 5) is 36.6. The van der Waals surface area contributed by atoms with Crippen molar-refractivity contribution < 1.29 is 33.7 Å². The fourth-order valence-electron chi connectivity index (χ4n) is 5.20. The van der Waals surface area contributed by atoms with Crippen LogP contribution >= 0.6 is 0 Å². The monoisotopic (exact) mass is 480 g/mol. The van der Waals surface area contributed by atoms with E-state index in [1.54, 1.807) is 0 Å². The molecule has 9 heteroatoms. The molecule has 2 amide bonds. The fraction of sp³-hybridized carbons (Fsp3) is 0.423. The molecule has 184 valence electrons. The molecule has 2 fully saturated rings. The molecule has 0 saturated carbocycles. The van der Waals surface area contributed by atoms with Gasteiger partial charge in [0.15, 0.2) is 0 Å². The lowest BCUT2D eigenvalue weighted by Crippen LogP contribution is -2.49. The van der Waals surface area contributed by atoms with Gasteiger partial charge in [0.05, 0.1) is 19.3 Å². The van der Waals surface area contributed by atoms with Crippen molar-refractivity contribution in [1.82, 2.24) is 10.6 Å². The van der Waals surface area contributed by atoms with Crippen LogP contribution in [-0.4, -0.2) is 68.2 Å². The van der Waals surface area contributed by atoms with Crippen molar-refractivity contribution in [3.63, 3.8) is 0 Å². The van der Waals surface area contributed by atoms with Gasteiger partial charge in [-0.25, -0.2) is 4.79 Å². The lowest BCUT2D eigenvalue weighted by atomic mass is 9.98. The summed E-state index contributed by atoms with van der Waals surface area (Å²) in [5.41, 5.74) is 4.59. The highest BCUT2D eigenvalue weighted by Gasteiger charge is 2.40. The number of ether oxygens (including phenoxy) is 3. The molecule has 2 unspecified atom stereocenters. The van der Waals surface area contributed by atoms with E-state index in [4.69, 9.17) is 14.2 Å². The molecule has 1 aliphatic carbocycles. The second kappa shape index (κ2) is 10.1. The third-order valence-corrected chi connectivity index (χ3v) is 7.05. The molecule has 2 aromatic carbocycles. The lowest BCUT2D eigenvalue weighted by molar-refractivity contribution is -0.142. The van der Waals surface area contributed by atoms with Crippen LogP contribution in [0.5, 0.6) is 0 Å². The maximum atomic E-state index is 12.7. The lowest BCUT2D eigenvalue weighted by Gasteiger charge is -2.22. The van der Waals surface area contributed by atoms with Gasteiger partial charge in [0.2, 0.25) is 5.91 Å². The number of hydrogen-bond donors (Lipinski definition) is 3. The van der Waals surface area contributed by atoms with Gasteiger partial charge >= 0.3 is 12.1 Å². The van der Waals surface area contributed by atoms with Crippen molar-refractivity contribution in [3.8, 4) is 11.1 Å². The molecule has 0 bridgehead atoms. The minimum Gasteiger partial charge on any atom is -0.481 e. The third kappa shape index (κ3) is 4.74. The van der Waals surface area contributed by atoms with Crippen LogP contribution in [0, 0.1) is 11.8 Å². The van der Waals surface area contributed by atoms with E-state index in [1.165, 1.54) is 0 Å². The van der Waals surface area contributed by atoms with Crippen LogP contribution < -0.4 is 10.6 Å². The molecule has 5 rings (SSSR count). The Morgan fingerprint density at radius 3 is 2.37 bits per heavy atom. The number of alkyl carbamates (subject to hydrolysis) is 1. The summed E-state index contributed by atoms with van der Waals surface area (Å²) in [7, 11) is 0. The van der Waals surface area contributed by atoms with Gasteiger partial charge in [0.25, 0.3) is 0 Å². The Morgan fingerprint density at radius 1 is 1.00 bits per heavy atom. The minimum atomic E-state index is -1.01. The van der Waals surface area contributed by atoms with Crippen molar-refractivity contribution >= 4 is 18.0 Å². The molecule has 3 N–H and O–H groups in total. The zero-order valence-electron chi connectivity index (χ0n) is 19.1. The molecule has 2 saturated heterocycles. The fourth-order valence-corrected chi connectivity index (χ4v) is 5.20. The number of carbonyl (C=O) groups is 3. The predicted molar refractivity (Wildman–Crippen MR) is 125 cm³/mol. The molecule has 2 aliphatic heterocycles. The van der Waals surface area contributed by atoms with Crippen LogP contribution in [0.4, 0.5) is 4.79 Å². The number of nitrogens with one attached hydrogen (secondary N) is 2. The number of hydrogen-bond acceptors (Lipinski definition) is 6. The number of rotatable bonds is 7. The first kappa shape index (κ1) is 23.3. The molecule has 9 nitrogen and oxygen atoms in total. The van der Waals surface area contributed by atoms with Crippen LogP contribution in [0.2, 0.25) is 0 Å². The first-order valence-corrected chi connectivity index (χ1v) is 11.8. The summed E-state index contributed by atoms with van der Waals surface area (Å²) in [5, 5.41) is 14.8. The van der Waals surface area contributed by atoms with Crippen LogP contribution in [0.3, 0.4) is 0 Å². The largest absolute Gasteiger partial charge is 0.481 e. The van der Waals surface area contributed by atoms with Gasteiger partial charge in [-0.05, 0) is 28.7 Å². The highest BCUT2D eigenvalue weighted by atomic mass is 16.5. The topological polar surface area (TPSA) is 123 Å². The molecular formula is C26H28N2O7. The highest BCUT2D eigenvalue weighted by Crippen LogP contribution is 2.44. The molecule has 3 aliphatic rings. The average molecular weight is 481 g/mol. The van der Waals surface area contributed by atoms with Gasteiger partial charge in [0, 0.05) is 25.0 Å². The molecule has 0 aromatic heterocycles. The van der Waals surface area contributed by atoms with Crippen molar-refractivity contribution in [3.05, 3.63) is 59.7 Å². The molecule has 0 radical (unpaired) electrons. The summed E-state index contributed by atoms with van der Waals surface area (Å²) in [6.45, 7) is 1.04. The smallest absolute Gasteiger partial charge is 0.407 e. The quantitative estimate of drug-likeness (QED) is 0.555. The maximum Gasteiger partial charge on any atom is 0.407 e. The van der Waals surface area contributed by atoms with E-state index in [2.05, 4.69) is 34.9 Å². The zero-order chi connectivity index (χ0) is 24.4. The number of fused-ring (bicyclic) bond motifs is 3. The SMILES string of the molecule is O=C(NC[C@@H]1CCO[C@@H]1C(=O)NC1COCC1C(=O)O)OCC1c2ccccc2-c2ccccc21. The molecule has 4 atom stereocenters. The van der Waals surface area contributed by atoms with Crippen molar-refractivity contribution in [1.29, 1.82) is 0 Å². The average Bonchev–Trinajstić information content (AvgIpc) is 3.59. The Bertz CT molecular complexity index is 1070. The Labute approximate surface area is 202 Å². The Balaban J connectivity index is 1.14. The maximum absolute atomic E-state index is 12.7. The summed E-state index contributed by atoms with van der Waals surface area (Å²) < 4.78 is 16.4. The number of amides is 2. The molecule has 2 aromatic rings. The van der Waals surface area contributed by atoms with Crippen LogP contribution in [0.1, 0.15) is 23.5 Å². The third-order valence-electron chi connectivity index (χ3n) is 7.05. The van der Waals surface area contributed by atoms with E-state index in [0.717, 1.165) is 22.3 Å². The predicted octanol–water partition coefficient (Wildman–Crippen LogP) is 2.15. The van der Waals surface area contributed by atoms with Gasteiger partial charge in [-0.2, -0.15) is 0 Å².